The lowest BCUT2D eigenvalue weighted by Gasteiger charge is -2.29. The Bertz CT molecular complexity index is 1030. The third-order valence-corrected chi connectivity index (χ3v) is 6.43. The predicted molar refractivity (Wildman–Crippen MR) is 119 cm³/mol. The van der Waals surface area contributed by atoms with Crippen LogP contribution in [-0.4, -0.2) is 42.8 Å². The average Bonchev–Trinajstić information content (AvgIpc) is 3.27. The Hall–Kier alpha value is -2.98. The lowest BCUT2D eigenvalue weighted by Crippen LogP contribution is -3.27. The van der Waals surface area contributed by atoms with E-state index in [1.165, 1.54) is 21.8 Å². The molecule has 1 aliphatic heterocycles. The van der Waals surface area contributed by atoms with Crippen molar-refractivity contribution in [2.24, 2.45) is 0 Å². The van der Waals surface area contributed by atoms with Crippen LogP contribution in [0, 0.1) is 11.3 Å². The lowest BCUT2D eigenvalue weighted by molar-refractivity contribution is -1.02. The van der Waals surface area contributed by atoms with Crippen molar-refractivity contribution < 1.29 is 14.9 Å². The van der Waals surface area contributed by atoms with Crippen LogP contribution >= 0.6 is 11.3 Å². The first-order valence-corrected chi connectivity index (χ1v) is 11.2. The van der Waals surface area contributed by atoms with Crippen LogP contribution in [0.2, 0.25) is 0 Å². The number of hydrogen-bond acceptors (Lipinski definition) is 4. The molecule has 4 rings (SSSR count). The SMILES string of the molecule is N#C/C(=C(/O)C[NH+]1CC[NH+](Cc2ccccc2)CC1)c1nc(-c2ccccc2)cs1. The van der Waals surface area contributed by atoms with E-state index in [1.54, 1.807) is 4.90 Å². The van der Waals surface area contributed by atoms with Crippen molar-refractivity contribution in [1.29, 1.82) is 5.26 Å². The van der Waals surface area contributed by atoms with E-state index in [2.05, 4.69) is 35.3 Å². The minimum absolute atomic E-state index is 0.146. The van der Waals surface area contributed by atoms with Crippen molar-refractivity contribution in [2.75, 3.05) is 32.7 Å². The van der Waals surface area contributed by atoms with E-state index >= 15 is 0 Å². The number of aromatic nitrogens is 1. The zero-order valence-electron chi connectivity index (χ0n) is 16.8. The number of benzene rings is 2. The summed E-state index contributed by atoms with van der Waals surface area (Å²) in [5.74, 6) is 0.146. The average molecular weight is 419 g/mol. The van der Waals surface area contributed by atoms with E-state index in [9.17, 15) is 10.4 Å². The van der Waals surface area contributed by atoms with Gasteiger partial charge in [0.25, 0.3) is 0 Å². The molecule has 6 heteroatoms. The summed E-state index contributed by atoms with van der Waals surface area (Å²) in [6.45, 7) is 5.61. The standard InChI is InChI=1S/C24H24N4OS/c25-15-21(24-26-22(18-30-24)20-9-5-2-6-10-20)23(29)17-28-13-11-27(12-14-28)16-19-7-3-1-4-8-19/h1-10,18,29H,11-14,16-17H2/p+2/b23-21-. The van der Waals surface area contributed by atoms with Crippen molar-refractivity contribution in [3.05, 3.63) is 82.4 Å². The maximum absolute atomic E-state index is 10.7. The number of quaternary nitrogens is 2. The number of allylic oxidation sites excluding steroid dienone is 1. The lowest BCUT2D eigenvalue weighted by atomic mass is 10.2. The molecule has 30 heavy (non-hydrogen) atoms. The first kappa shape index (κ1) is 20.3. The van der Waals surface area contributed by atoms with Crippen molar-refractivity contribution in [3.8, 4) is 17.3 Å². The van der Waals surface area contributed by atoms with E-state index in [1.807, 2.05) is 41.8 Å². The van der Waals surface area contributed by atoms with Gasteiger partial charge in [-0.2, -0.15) is 5.26 Å². The third-order valence-electron chi connectivity index (χ3n) is 5.57. The highest BCUT2D eigenvalue weighted by atomic mass is 32.1. The quantitative estimate of drug-likeness (QED) is 0.421. The monoisotopic (exact) mass is 418 g/mol. The summed E-state index contributed by atoms with van der Waals surface area (Å²) in [6.07, 6.45) is 0. The van der Waals surface area contributed by atoms with Gasteiger partial charge in [-0.25, -0.2) is 4.98 Å². The summed E-state index contributed by atoms with van der Waals surface area (Å²) in [5.41, 5.74) is 3.51. The topological polar surface area (TPSA) is 65.8 Å². The second-order valence-corrected chi connectivity index (χ2v) is 8.53. The number of aliphatic hydroxyl groups excluding tert-OH is 1. The molecule has 0 spiro atoms. The Morgan fingerprint density at radius 3 is 2.27 bits per heavy atom. The second kappa shape index (κ2) is 9.68. The molecule has 0 unspecified atom stereocenters. The van der Waals surface area contributed by atoms with Crippen LogP contribution in [0.15, 0.2) is 71.8 Å². The summed E-state index contributed by atoms with van der Waals surface area (Å²) in [7, 11) is 0. The molecule has 0 radical (unpaired) electrons. The summed E-state index contributed by atoms with van der Waals surface area (Å²) in [6, 6.07) is 22.6. The normalized spacial score (nSPS) is 19.7. The van der Waals surface area contributed by atoms with Gasteiger partial charge >= 0.3 is 0 Å². The molecule has 5 nitrogen and oxygen atoms in total. The van der Waals surface area contributed by atoms with E-state index in [0.29, 0.717) is 17.1 Å². The summed E-state index contributed by atoms with van der Waals surface area (Å²) in [4.78, 5) is 7.48. The van der Waals surface area contributed by atoms with Gasteiger partial charge in [-0.3, -0.25) is 0 Å². The highest BCUT2D eigenvalue weighted by Crippen LogP contribution is 2.26. The Labute approximate surface area is 181 Å². The Kier molecular flexibility index (Phi) is 6.55. The molecule has 3 N–H and O–H groups in total. The van der Waals surface area contributed by atoms with Crippen LogP contribution in [0.25, 0.3) is 16.8 Å². The van der Waals surface area contributed by atoms with Crippen LogP contribution in [-0.2, 0) is 6.54 Å². The minimum Gasteiger partial charge on any atom is -0.506 e. The number of nitrogens with zero attached hydrogens (tertiary/aromatic N) is 2. The first-order chi connectivity index (χ1) is 14.7. The van der Waals surface area contributed by atoms with Crippen LogP contribution in [0.1, 0.15) is 10.6 Å². The van der Waals surface area contributed by atoms with E-state index < -0.39 is 0 Å². The van der Waals surface area contributed by atoms with Gasteiger partial charge < -0.3 is 14.9 Å². The van der Waals surface area contributed by atoms with Gasteiger partial charge in [0.15, 0.2) is 5.76 Å². The molecule has 0 atom stereocenters. The van der Waals surface area contributed by atoms with Crippen LogP contribution in [0.5, 0.6) is 0 Å². The van der Waals surface area contributed by atoms with Crippen molar-refractivity contribution >= 4 is 16.9 Å². The van der Waals surface area contributed by atoms with Crippen LogP contribution < -0.4 is 9.80 Å². The van der Waals surface area contributed by atoms with E-state index in [-0.39, 0.29) is 5.76 Å². The second-order valence-electron chi connectivity index (χ2n) is 7.68. The fraction of sp³-hybridized carbons (Fsp3) is 0.250. The van der Waals surface area contributed by atoms with Gasteiger partial charge in [0.2, 0.25) is 0 Å². The van der Waals surface area contributed by atoms with Gasteiger partial charge in [0.1, 0.15) is 55.9 Å². The third kappa shape index (κ3) is 4.95. The molecule has 1 saturated heterocycles. The molecule has 0 bridgehead atoms. The first-order valence-electron chi connectivity index (χ1n) is 10.3. The number of rotatable bonds is 6. The molecule has 2 heterocycles. The molecule has 1 aliphatic rings. The highest BCUT2D eigenvalue weighted by Gasteiger charge is 2.25. The summed E-state index contributed by atoms with van der Waals surface area (Å²) in [5, 5.41) is 22.9. The highest BCUT2D eigenvalue weighted by molar-refractivity contribution is 7.11. The molecular formula is C24H26N4OS+2. The molecule has 2 aromatic carbocycles. The van der Waals surface area contributed by atoms with E-state index in [0.717, 1.165) is 44.0 Å². The van der Waals surface area contributed by atoms with E-state index in [4.69, 9.17) is 0 Å². The van der Waals surface area contributed by atoms with Gasteiger partial charge in [-0.15, -0.1) is 11.3 Å². The van der Waals surface area contributed by atoms with Gasteiger partial charge in [0, 0.05) is 16.5 Å². The fourth-order valence-corrected chi connectivity index (χ4v) is 4.73. The fourth-order valence-electron chi connectivity index (χ4n) is 3.89. The molecule has 0 aliphatic carbocycles. The van der Waals surface area contributed by atoms with Gasteiger partial charge in [-0.1, -0.05) is 60.7 Å². The smallest absolute Gasteiger partial charge is 0.168 e. The predicted octanol–water partition coefficient (Wildman–Crippen LogP) is 1.59. The minimum atomic E-state index is 0.146. The number of piperazine rings is 1. The molecule has 1 fully saturated rings. The number of hydrogen-bond donors (Lipinski definition) is 3. The Morgan fingerprint density at radius 2 is 1.60 bits per heavy atom. The number of nitriles is 1. The maximum Gasteiger partial charge on any atom is 0.168 e. The van der Waals surface area contributed by atoms with Gasteiger partial charge in [-0.05, 0) is 0 Å². The molecule has 3 aromatic rings. The molecule has 152 valence electrons. The number of aliphatic hydroxyl groups is 1. The van der Waals surface area contributed by atoms with Crippen molar-refractivity contribution in [1.82, 2.24) is 4.98 Å². The zero-order chi connectivity index (χ0) is 20.8. The van der Waals surface area contributed by atoms with Gasteiger partial charge in [0.05, 0.1) is 5.69 Å². The zero-order valence-corrected chi connectivity index (χ0v) is 17.7. The molecule has 0 saturated carbocycles. The Morgan fingerprint density at radius 1 is 0.967 bits per heavy atom. The van der Waals surface area contributed by atoms with Crippen LogP contribution in [0.4, 0.5) is 0 Å². The summed E-state index contributed by atoms with van der Waals surface area (Å²) >= 11 is 1.40. The number of thiazole rings is 1. The largest absolute Gasteiger partial charge is 0.506 e. The number of nitrogens with one attached hydrogen (secondary N) is 2. The van der Waals surface area contributed by atoms with Crippen LogP contribution in [0.3, 0.4) is 0 Å². The van der Waals surface area contributed by atoms with Crippen molar-refractivity contribution in [3.63, 3.8) is 0 Å². The molecular weight excluding hydrogens is 392 g/mol. The molecule has 1 aromatic heterocycles. The Balaban J connectivity index is 1.38. The molecule has 0 amide bonds. The van der Waals surface area contributed by atoms with Crippen molar-refractivity contribution in [2.45, 2.75) is 6.54 Å². The summed E-state index contributed by atoms with van der Waals surface area (Å²) < 4.78 is 0. The maximum atomic E-state index is 10.7.